The molecule has 7 aromatic carbocycles. The van der Waals surface area contributed by atoms with E-state index in [1.807, 2.05) is 6.20 Å². The Labute approximate surface area is 279 Å². The lowest BCUT2D eigenvalue weighted by Crippen LogP contribution is -2.00. The number of rotatable bonds is 3. The maximum Gasteiger partial charge on any atom is 0.172 e. The number of para-hydroxylation sites is 4. The van der Waals surface area contributed by atoms with Gasteiger partial charge in [0.25, 0.3) is 0 Å². The van der Waals surface area contributed by atoms with Crippen LogP contribution in [-0.4, -0.2) is 19.1 Å². The molecule has 0 aliphatic rings. The summed E-state index contributed by atoms with van der Waals surface area (Å²) in [6.07, 6.45) is 1.82. The molecule has 11 rings (SSSR count). The summed E-state index contributed by atoms with van der Waals surface area (Å²) in [5, 5.41) is 8.14. The summed E-state index contributed by atoms with van der Waals surface area (Å²) < 4.78 is 11.0. The minimum absolute atomic E-state index is 0.653. The predicted octanol–water partition coefficient (Wildman–Crippen LogP) is 11.4. The van der Waals surface area contributed by atoms with Crippen molar-refractivity contribution in [1.82, 2.24) is 19.1 Å². The fraction of sp³-hybridized carbons (Fsp3) is 0. The van der Waals surface area contributed by atoms with Gasteiger partial charge in [-0.2, -0.15) is 0 Å². The van der Waals surface area contributed by atoms with Gasteiger partial charge in [0.2, 0.25) is 0 Å². The van der Waals surface area contributed by atoms with E-state index in [1.165, 1.54) is 21.5 Å². The van der Waals surface area contributed by atoms with Crippen molar-refractivity contribution in [2.24, 2.45) is 0 Å². The van der Waals surface area contributed by atoms with Crippen molar-refractivity contribution in [3.63, 3.8) is 0 Å². The van der Waals surface area contributed by atoms with Crippen molar-refractivity contribution in [2.45, 2.75) is 0 Å². The van der Waals surface area contributed by atoms with Gasteiger partial charge < -0.3 is 13.6 Å². The van der Waals surface area contributed by atoms with Crippen LogP contribution in [-0.2, 0) is 0 Å². The van der Waals surface area contributed by atoms with E-state index in [9.17, 15) is 0 Å². The van der Waals surface area contributed by atoms with Gasteiger partial charge in [-0.25, -0.2) is 9.97 Å². The van der Waals surface area contributed by atoms with Crippen molar-refractivity contribution in [2.75, 3.05) is 0 Å². The van der Waals surface area contributed by atoms with Gasteiger partial charge in [-0.15, -0.1) is 0 Å². The van der Waals surface area contributed by atoms with Crippen LogP contribution in [0.15, 0.2) is 162 Å². The molecule has 0 atom stereocenters. The van der Waals surface area contributed by atoms with E-state index in [1.54, 1.807) is 0 Å². The Balaban J connectivity index is 1.18. The van der Waals surface area contributed by atoms with Crippen molar-refractivity contribution in [3.8, 4) is 22.8 Å². The summed E-state index contributed by atoms with van der Waals surface area (Å²) in [5.74, 6) is 0.653. The number of furan rings is 1. The predicted molar refractivity (Wildman–Crippen MR) is 201 cm³/mol. The maximum absolute atomic E-state index is 6.34. The first kappa shape index (κ1) is 26.4. The molecule has 0 saturated heterocycles. The average Bonchev–Trinajstić information content (AvgIpc) is 3.81. The standard InChI is InChI=1S/C44H26N4O/c1-2-12-28-24-40(48-38-19-9-5-15-32(38)33-16-6-10-20-39(33)48)34(23-27(28)11-1)44-45-26-42-43(46-44)35-25-29(21-22-41(35)49-42)47-36-17-7-3-13-30(36)31-14-4-8-18-37(31)47/h1-26H. The van der Waals surface area contributed by atoms with Gasteiger partial charge in [0.1, 0.15) is 11.1 Å². The van der Waals surface area contributed by atoms with Crippen molar-refractivity contribution in [1.29, 1.82) is 0 Å². The molecule has 0 unspecified atom stereocenters. The minimum Gasteiger partial charge on any atom is -0.453 e. The van der Waals surface area contributed by atoms with E-state index in [-0.39, 0.29) is 0 Å². The summed E-state index contributed by atoms with van der Waals surface area (Å²) in [4.78, 5) is 10.2. The number of hydrogen-bond acceptors (Lipinski definition) is 3. The summed E-state index contributed by atoms with van der Waals surface area (Å²) >= 11 is 0. The van der Waals surface area contributed by atoms with E-state index in [0.717, 1.165) is 66.3 Å². The number of benzene rings is 7. The SMILES string of the molecule is c1ccc2cc(-n3c4ccccc4c4ccccc43)c(-c3ncc4oc5ccc(-n6c7ccccc7c7ccccc76)cc5c4n3)cc2c1. The van der Waals surface area contributed by atoms with E-state index < -0.39 is 0 Å². The summed E-state index contributed by atoms with van der Waals surface area (Å²) in [6.45, 7) is 0. The third-order valence-corrected chi connectivity index (χ3v) is 9.96. The molecule has 0 spiro atoms. The number of nitrogens with zero attached hydrogens (tertiary/aromatic N) is 4. The molecule has 0 radical (unpaired) electrons. The number of aromatic nitrogens is 4. The van der Waals surface area contributed by atoms with Crippen LogP contribution in [0.2, 0.25) is 0 Å². The number of hydrogen-bond donors (Lipinski definition) is 0. The maximum atomic E-state index is 6.34. The second-order valence-corrected chi connectivity index (χ2v) is 12.6. The van der Waals surface area contributed by atoms with E-state index >= 15 is 0 Å². The topological polar surface area (TPSA) is 48.8 Å². The zero-order chi connectivity index (χ0) is 32.1. The van der Waals surface area contributed by atoms with E-state index in [2.05, 4.69) is 161 Å². The molecule has 0 N–H and O–H groups in total. The molecule has 0 saturated carbocycles. The Hall–Kier alpha value is -6.72. The Morgan fingerprint density at radius 2 is 0.980 bits per heavy atom. The molecule has 4 heterocycles. The summed E-state index contributed by atoms with van der Waals surface area (Å²) in [5.41, 5.74) is 9.92. The minimum atomic E-state index is 0.653. The average molecular weight is 627 g/mol. The molecule has 0 aliphatic heterocycles. The Kier molecular flexibility index (Phi) is 5.32. The lowest BCUT2D eigenvalue weighted by molar-refractivity contribution is 0.666. The fourth-order valence-electron chi connectivity index (χ4n) is 7.79. The van der Waals surface area contributed by atoms with Gasteiger partial charge in [-0.05, 0) is 65.4 Å². The first-order valence-electron chi connectivity index (χ1n) is 16.5. The van der Waals surface area contributed by atoms with Gasteiger partial charge in [0, 0.05) is 38.2 Å². The molecule has 11 aromatic rings. The van der Waals surface area contributed by atoms with Crippen LogP contribution < -0.4 is 0 Å². The van der Waals surface area contributed by atoms with Gasteiger partial charge >= 0.3 is 0 Å². The highest BCUT2D eigenvalue weighted by Crippen LogP contribution is 2.39. The van der Waals surface area contributed by atoms with Gasteiger partial charge in [0.15, 0.2) is 11.4 Å². The Bertz CT molecular complexity index is 3020. The molecule has 5 nitrogen and oxygen atoms in total. The largest absolute Gasteiger partial charge is 0.453 e. The van der Waals surface area contributed by atoms with Crippen LogP contribution in [0.3, 0.4) is 0 Å². The fourth-order valence-corrected chi connectivity index (χ4v) is 7.79. The van der Waals surface area contributed by atoms with Gasteiger partial charge in [-0.3, -0.25) is 0 Å². The highest BCUT2D eigenvalue weighted by molar-refractivity contribution is 6.11. The quantitative estimate of drug-likeness (QED) is 0.196. The van der Waals surface area contributed by atoms with Crippen LogP contribution in [0.4, 0.5) is 0 Å². The highest BCUT2D eigenvalue weighted by Gasteiger charge is 2.20. The monoisotopic (exact) mass is 626 g/mol. The van der Waals surface area contributed by atoms with Crippen molar-refractivity contribution >= 4 is 76.5 Å². The highest BCUT2D eigenvalue weighted by atomic mass is 16.3. The van der Waals surface area contributed by atoms with Gasteiger partial charge in [-0.1, -0.05) is 97.1 Å². The lowest BCUT2D eigenvalue weighted by Gasteiger charge is -2.15. The Morgan fingerprint density at radius 3 is 1.59 bits per heavy atom. The molecule has 0 aliphatic carbocycles. The molecule has 0 fully saturated rings. The third-order valence-electron chi connectivity index (χ3n) is 9.96. The zero-order valence-corrected chi connectivity index (χ0v) is 26.2. The zero-order valence-electron chi connectivity index (χ0n) is 26.2. The first-order valence-corrected chi connectivity index (χ1v) is 16.5. The molecule has 5 heteroatoms. The normalized spacial score (nSPS) is 12.1. The second kappa shape index (κ2) is 9.89. The van der Waals surface area contributed by atoms with E-state index in [0.29, 0.717) is 11.4 Å². The summed E-state index contributed by atoms with van der Waals surface area (Å²) in [7, 11) is 0. The van der Waals surface area contributed by atoms with Crippen LogP contribution in [0, 0.1) is 0 Å². The molecule has 228 valence electrons. The molecule has 0 amide bonds. The number of fused-ring (bicyclic) bond motifs is 10. The first-order chi connectivity index (χ1) is 24.3. The van der Waals surface area contributed by atoms with Crippen molar-refractivity contribution < 1.29 is 4.42 Å². The van der Waals surface area contributed by atoms with Crippen LogP contribution >= 0.6 is 0 Å². The lowest BCUT2D eigenvalue weighted by atomic mass is 10.0. The third kappa shape index (κ3) is 3.75. The van der Waals surface area contributed by atoms with Crippen LogP contribution in [0.1, 0.15) is 0 Å². The molecular weight excluding hydrogens is 601 g/mol. The smallest absolute Gasteiger partial charge is 0.172 e. The van der Waals surface area contributed by atoms with Crippen LogP contribution in [0.25, 0.3) is 99.2 Å². The second-order valence-electron chi connectivity index (χ2n) is 12.6. The molecule has 0 bridgehead atoms. The Morgan fingerprint density at radius 1 is 0.449 bits per heavy atom. The van der Waals surface area contributed by atoms with Gasteiger partial charge in [0.05, 0.1) is 34.0 Å². The molecular formula is C44H26N4O. The van der Waals surface area contributed by atoms with E-state index in [4.69, 9.17) is 14.4 Å². The van der Waals surface area contributed by atoms with Crippen LogP contribution in [0.5, 0.6) is 0 Å². The summed E-state index contributed by atoms with van der Waals surface area (Å²) in [6, 6.07) is 53.7. The molecule has 4 aromatic heterocycles. The molecule has 49 heavy (non-hydrogen) atoms. The van der Waals surface area contributed by atoms with Crippen molar-refractivity contribution in [3.05, 3.63) is 158 Å².